The van der Waals surface area contributed by atoms with Crippen LogP contribution < -0.4 is 5.73 Å². The van der Waals surface area contributed by atoms with Gasteiger partial charge in [-0.1, -0.05) is 204 Å². The molecule has 2 unspecified atom stereocenters. The number of phosphoric ester groups is 1. The molecule has 0 aliphatic heterocycles. The van der Waals surface area contributed by atoms with Gasteiger partial charge < -0.3 is 20.1 Å². The highest BCUT2D eigenvalue weighted by atomic mass is 31.2. The second-order valence-electron chi connectivity index (χ2n) is 16.0. The zero-order valence-corrected chi connectivity index (χ0v) is 38.9. The van der Waals surface area contributed by atoms with Crippen LogP contribution in [0.15, 0.2) is 48.6 Å². The normalized spacial score (nSPS) is 13.6. The van der Waals surface area contributed by atoms with Gasteiger partial charge in [0.1, 0.15) is 6.61 Å². The minimum atomic E-state index is -4.39. The fourth-order valence-corrected chi connectivity index (χ4v) is 7.45. The zero-order valence-electron chi connectivity index (χ0n) is 38.0. The SMILES string of the molecule is CCC=CCC=CCC=CCC=CCCCCCCC(=O)OC(COC(=O)CCCCCCCCCCCCCCCCCCCCCCC)COP(=O)(O)OCCN. The lowest BCUT2D eigenvalue weighted by atomic mass is 10.0. The van der Waals surface area contributed by atoms with Crippen molar-refractivity contribution in [3.8, 4) is 0 Å². The Morgan fingerprint density at radius 3 is 1.39 bits per heavy atom. The molecule has 0 fully saturated rings. The molecule has 0 aromatic carbocycles. The van der Waals surface area contributed by atoms with Gasteiger partial charge in [-0.05, 0) is 51.4 Å². The van der Waals surface area contributed by atoms with Gasteiger partial charge in [0, 0.05) is 19.4 Å². The molecule has 0 aromatic rings. The molecule has 59 heavy (non-hydrogen) atoms. The predicted octanol–water partition coefficient (Wildman–Crippen LogP) is 14.3. The lowest BCUT2D eigenvalue weighted by Crippen LogP contribution is -2.29. The number of phosphoric acid groups is 1. The van der Waals surface area contributed by atoms with Crippen molar-refractivity contribution in [2.75, 3.05) is 26.4 Å². The third-order valence-electron chi connectivity index (χ3n) is 10.2. The molecule has 0 spiro atoms. The van der Waals surface area contributed by atoms with Crippen molar-refractivity contribution in [1.29, 1.82) is 0 Å². The van der Waals surface area contributed by atoms with E-state index in [9.17, 15) is 19.0 Å². The molecule has 10 heteroatoms. The highest BCUT2D eigenvalue weighted by Crippen LogP contribution is 2.43. The zero-order chi connectivity index (χ0) is 43.2. The van der Waals surface area contributed by atoms with E-state index in [4.69, 9.17) is 24.3 Å². The van der Waals surface area contributed by atoms with Crippen molar-refractivity contribution >= 4 is 19.8 Å². The first-order valence-corrected chi connectivity index (χ1v) is 25.6. The Kier molecular flexibility index (Phi) is 43.9. The minimum Gasteiger partial charge on any atom is -0.462 e. The van der Waals surface area contributed by atoms with Gasteiger partial charge >= 0.3 is 19.8 Å². The summed E-state index contributed by atoms with van der Waals surface area (Å²) in [5.74, 6) is -0.850. The fourth-order valence-electron chi connectivity index (χ4n) is 6.69. The molecule has 0 rings (SSSR count). The van der Waals surface area contributed by atoms with Gasteiger partial charge in [0.2, 0.25) is 0 Å². The molecule has 0 aromatic heterocycles. The number of hydrogen-bond acceptors (Lipinski definition) is 8. The molecule has 0 radical (unpaired) electrons. The van der Waals surface area contributed by atoms with Crippen molar-refractivity contribution in [3.05, 3.63) is 48.6 Å². The van der Waals surface area contributed by atoms with Crippen LogP contribution in [-0.2, 0) is 32.7 Å². The van der Waals surface area contributed by atoms with Crippen LogP contribution in [-0.4, -0.2) is 49.3 Å². The van der Waals surface area contributed by atoms with E-state index in [0.717, 1.165) is 70.6 Å². The van der Waals surface area contributed by atoms with Crippen LogP contribution in [0.25, 0.3) is 0 Å². The maximum atomic E-state index is 12.6. The van der Waals surface area contributed by atoms with E-state index >= 15 is 0 Å². The number of esters is 2. The van der Waals surface area contributed by atoms with Crippen molar-refractivity contribution in [2.24, 2.45) is 5.73 Å². The Morgan fingerprint density at radius 2 is 0.932 bits per heavy atom. The molecule has 0 heterocycles. The number of ether oxygens (including phenoxy) is 2. The van der Waals surface area contributed by atoms with Crippen LogP contribution >= 0.6 is 7.82 Å². The maximum absolute atomic E-state index is 12.6. The number of rotatable bonds is 45. The second kappa shape index (κ2) is 45.5. The van der Waals surface area contributed by atoms with Gasteiger partial charge in [-0.2, -0.15) is 0 Å². The summed E-state index contributed by atoms with van der Waals surface area (Å²) in [6, 6.07) is 0. The summed E-state index contributed by atoms with van der Waals surface area (Å²) in [4.78, 5) is 35.0. The summed E-state index contributed by atoms with van der Waals surface area (Å²) in [5.41, 5.74) is 5.36. The molecule has 3 N–H and O–H groups in total. The number of nitrogens with two attached hydrogens (primary N) is 1. The maximum Gasteiger partial charge on any atom is 0.472 e. The number of hydrogen-bond donors (Lipinski definition) is 2. The average Bonchev–Trinajstić information content (AvgIpc) is 3.22. The summed E-state index contributed by atoms with van der Waals surface area (Å²) in [6.45, 7) is 3.62. The quantitative estimate of drug-likeness (QED) is 0.0266. The predicted molar refractivity (Wildman–Crippen MR) is 247 cm³/mol. The highest BCUT2D eigenvalue weighted by molar-refractivity contribution is 7.47. The van der Waals surface area contributed by atoms with Gasteiger partial charge in [-0.25, -0.2) is 4.57 Å². The van der Waals surface area contributed by atoms with Crippen molar-refractivity contribution in [2.45, 2.75) is 225 Å². The Labute approximate surface area is 362 Å². The van der Waals surface area contributed by atoms with Crippen LogP contribution in [0.2, 0.25) is 0 Å². The van der Waals surface area contributed by atoms with E-state index in [-0.39, 0.29) is 38.6 Å². The summed E-state index contributed by atoms with van der Waals surface area (Å²) in [7, 11) is -4.39. The summed E-state index contributed by atoms with van der Waals surface area (Å²) < 4.78 is 32.8. The van der Waals surface area contributed by atoms with Crippen LogP contribution in [0.3, 0.4) is 0 Å². The van der Waals surface area contributed by atoms with Gasteiger partial charge in [0.15, 0.2) is 6.10 Å². The molecule has 0 saturated heterocycles. The van der Waals surface area contributed by atoms with Gasteiger partial charge in [0.05, 0.1) is 13.2 Å². The van der Waals surface area contributed by atoms with E-state index in [0.29, 0.717) is 6.42 Å². The molecule has 0 aliphatic rings. The average molecular weight is 852 g/mol. The Balaban J connectivity index is 4.08. The number of unbranched alkanes of at least 4 members (excludes halogenated alkanes) is 24. The summed E-state index contributed by atoms with van der Waals surface area (Å²) >= 11 is 0. The molecular formula is C49H90NO8P. The van der Waals surface area contributed by atoms with Gasteiger partial charge in [0.25, 0.3) is 0 Å². The van der Waals surface area contributed by atoms with Crippen molar-refractivity contribution in [1.82, 2.24) is 0 Å². The third-order valence-corrected chi connectivity index (χ3v) is 11.2. The van der Waals surface area contributed by atoms with Crippen LogP contribution in [0, 0.1) is 0 Å². The Morgan fingerprint density at radius 1 is 0.525 bits per heavy atom. The van der Waals surface area contributed by atoms with Gasteiger partial charge in [-0.3, -0.25) is 18.6 Å². The molecule has 344 valence electrons. The number of allylic oxidation sites excluding steroid dienone is 8. The standard InChI is InChI=1S/C49H90NO8P/c1-3-5-7-9-11-13-15-17-19-21-22-23-24-26-27-29-31-33-35-37-39-41-48(51)55-45-47(46-57-59(53,54)56-44-43-50)58-49(52)42-40-38-36-34-32-30-28-25-20-18-16-14-12-10-8-6-4-2/h6,8,12,14,18,20,28,30,47H,3-5,7,9-11,13,15-17,19,21-27,29,31-46,50H2,1-2H3,(H,53,54). The van der Waals surface area contributed by atoms with Crippen LogP contribution in [0.1, 0.15) is 219 Å². The van der Waals surface area contributed by atoms with E-state index < -0.39 is 26.5 Å². The van der Waals surface area contributed by atoms with E-state index in [1.807, 2.05) is 0 Å². The lowest BCUT2D eigenvalue weighted by molar-refractivity contribution is -0.161. The smallest absolute Gasteiger partial charge is 0.462 e. The number of carbonyl (C=O) groups excluding carboxylic acids is 2. The molecule has 0 bridgehead atoms. The first-order chi connectivity index (χ1) is 28.8. The largest absolute Gasteiger partial charge is 0.472 e. The molecule has 0 aliphatic carbocycles. The summed E-state index contributed by atoms with van der Waals surface area (Å²) in [6.07, 6.45) is 52.9. The first-order valence-electron chi connectivity index (χ1n) is 24.1. The molecule has 9 nitrogen and oxygen atoms in total. The fraction of sp³-hybridized carbons (Fsp3) is 0.796. The summed E-state index contributed by atoms with van der Waals surface area (Å²) in [5, 5.41) is 0. The van der Waals surface area contributed by atoms with Crippen molar-refractivity contribution < 1.29 is 37.6 Å². The third kappa shape index (κ3) is 45.3. The second-order valence-corrected chi connectivity index (χ2v) is 17.4. The van der Waals surface area contributed by atoms with E-state index in [2.05, 4.69) is 62.5 Å². The number of carbonyl (C=O) groups is 2. The molecule has 2 atom stereocenters. The highest BCUT2D eigenvalue weighted by Gasteiger charge is 2.26. The molecular weight excluding hydrogens is 762 g/mol. The van der Waals surface area contributed by atoms with Crippen LogP contribution in [0.4, 0.5) is 0 Å². The van der Waals surface area contributed by atoms with E-state index in [1.54, 1.807) is 0 Å². The van der Waals surface area contributed by atoms with Gasteiger partial charge in [-0.15, -0.1) is 0 Å². The van der Waals surface area contributed by atoms with Crippen molar-refractivity contribution in [3.63, 3.8) is 0 Å². The lowest BCUT2D eigenvalue weighted by Gasteiger charge is -2.19. The Hall–Kier alpha value is -2.03. The Bertz CT molecular complexity index is 1110. The minimum absolute atomic E-state index is 0.0485. The monoisotopic (exact) mass is 852 g/mol. The van der Waals surface area contributed by atoms with E-state index in [1.165, 1.54) is 116 Å². The molecule has 0 amide bonds. The van der Waals surface area contributed by atoms with Crippen LogP contribution in [0.5, 0.6) is 0 Å². The first kappa shape index (κ1) is 57.0. The molecule has 0 saturated carbocycles. The topological polar surface area (TPSA) is 134 Å².